The van der Waals surface area contributed by atoms with Crippen molar-refractivity contribution in [2.75, 3.05) is 39.8 Å². The monoisotopic (exact) mass is 332 g/mol. The van der Waals surface area contributed by atoms with Gasteiger partial charge in [-0.25, -0.2) is 0 Å². The minimum atomic E-state index is -0.435. The Kier molecular flexibility index (Phi) is 8.05. The Hall–Kier alpha value is -1.59. The molecule has 1 heterocycles. The predicted octanol–water partition coefficient (Wildman–Crippen LogP) is 2.01. The zero-order chi connectivity index (χ0) is 17.2. The lowest BCUT2D eigenvalue weighted by Gasteiger charge is -2.28. The molecule has 1 aliphatic rings. The molecule has 3 N–H and O–H groups in total. The SMILES string of the molecule is CCNC(=NCC1CCN(C)CC1)NCCC(O)c1ccccc1. The van der Waals surface area contributed by atoms with Gasteiger partial charge in [-0.15, -0.1) is 0 Å². The molecule has 2 rings (SSSR count). The lowest BCUT2D eigenvalue weighted by atomic mass is 9.97. The molecule has 5 nitrogen and oxygen atoms in total. The Bertz CT molecular complexity index is 483. The average molecular weight is 332 g/mol. The number of likely N-dealkylation sites (tertiary alicyclic amines) is 1. The van der Waals surface area contributed by atoms with Crippen LogP contribution in [0.5, 0.6) is 0 Å². The molecule has 0 spiro atoms. The van der Waals surface area contributed by atoms with Gasteiger partial charge in [0.05, 0.1) is 6.10 Å². The van der Waals surface area contributed by atoms with Gasteiger partial charge in [0.2, 0.25) is 0 Å². The molecule has 1 aromatic rings. The Morgan fingerprint density at radius 3 is 2.62 bits per heavy atom. The lowest BCUT2D eigenvalue weighted by Crippen LogP contribution is -2.39. The topological polar surface area (TPSA) is 59.9 Å². The first-order valence-corrected chi connectivity index (χ1v) is 9.12. The molecule has 1 fully saturated rings. The van der Waals surface area contributed by atoms with Crippen LogP contribution in [0.1, 0.15) is 37.9 Å². The molecule has 5 heteroatoms. The molecule has 1 unspecified atom stereocenters. The van der Waals surface area contributed by atoms with E-state index in [1.807, 2.05) is 30.3 Å². The summed E-state index contributed by atoms with van der Waals surface area (Å²) >= 11 is 0. The molecular weight excluding hydrogens is 300 g/mol. The molecule has 0 aliphatic carbocycles. The summed E-state index contributed by atoms with van der Waals surface area (Å²) in [6, 6.07) is 9.81. The van der Waals surface area contributed by atoms with Crippen LogP contribution in [0.4, 0.5) is 0 Å². The highest BCUT2D eigenvalue weighted by Crippen LogP contribution is 2.16. The van der Waals surface area contributed by atoms with Crippen LogP contribution in [-0.2, 0) is 0 Å². The van der Waals surface area contributed by atoms with Crippen molar-refractivity contribution in [2.45, 2.75) is 32.3 Å². The number of hydrogen-bond donors (Lipinski definition) is 3. The van der Waals surface area contributed by atoms with Crippen molar-refractivity contribution in [3.8, 4) is 0 Å². The highest BCUT2D eigenvalue weighted by molar-refractivity contribution is 5.79. The fraction of sp³-hybridized carbons (Fsp3) is 0.632. The number of rotatable bonds is 7. The number of piperidine rings is 1. The normalized spacial score (nSPS) is 18.4. The van der Waals surface area contributed by atoms with E-state index in [0.29, 0.717) is 18.9 Å². The molecule has 0 saturated carbocycles. The van der Waals surface area contributed by atoms with Crippen LogP contribution in [0.2, 0.25) is 0 Å². The number of aliphatic hydroxyl groups is 1. The second-order valence-corrected chi connectivity index (χ2v) is 6.61. The molecule has 1 atom stereocenters. The smallest absolute Gasteiger partial charge is 0.191 e. The van der Waals surface area contributed by atoms with Gasteiger partial charge in [-0.2, -0.15) is 0 Å². The maximum atomic E-state index is 10.2. The van der Waals surface area contributed by atoms with Gasteiger partial charge in [-0.3, -0.25) is 4.99 Å². The molecule has 0 amide bonds. The van der Waals surface area contributed by atoms with Crippen molar-refractivity contribution < 1.29 is 5.11 Å². The summed E-state index contributed by atoms with van der Waals surface area (Å²) in [7, 11) is 2.18. The molecule has 0 bridgehead atoms. The van der Waals surface area contributed by atoms with E-state index >= 15 is 0 Å². The highest BCUT2D eigenvalue weighted by Gasteiger charge is 2.16. The van der Waals surface area contributed by atoms with Crippen molar-refractivity contribution in [2.24, 2.45) is 10.9 Å². The van der Waals surface area contributed by atoms with Gasteiger partial charge in [-0.1, -0.05) is 30.3 Å². The van der Waals surface area contributed by atoms with Crippen molar-refractivity contribution in [1.29, 1.82) is 0 Å². The number of benzene rings is 1. The van der Waals surface area contributed by atoms with Crippen LogP contribution in [0, 0.1) is 5.92 Å². The highest BCUT2D eigenvalue weighted by atomic mass is 16.3. The standard InChI is InChI=1S/C19H32N4O/c1-3-20-19(22-15-16-10-13-23(2)14-11-16)21-12-9-18(24)17-7-5-4-6-8-17/h4-8,16,18,24H,3,9-15H2,1-2H3,(H2,20,21,22). The van der Waals surface area contributed by atoms with Crippen molar-refractivity contribution in [1.82, 2.24) is 15.5 Å². The van der Waals surface area contributed by atoms with Crippen LogP contribution in [0.3, 0.4) is 0 Å². The van der Waals surface area contributed by atoms with Gasteiger partial charge >= 0.3 is 0 Å². The van der Waals surface area contributed by atoms with Crippen molar-refractivity contribution >= 4 is 5.96 Å². The Balaban J connectivity index is 1.75. The number of guanidine groups is 1. The van der Waals surface area contributed by atoms with Crippen LogP contribution < -0.4 is 10.6 Å². The van der Waals surface area contributed by atoms with Gasteiger partial charge < -0.3 is 20.6 Å². The fourth-order valence-electron chi connectivity index (χ4n) is 2.98. The number of nitrogens with one attached hydrogen (secondary N) is 2. The van der Waals surface area contributed by atoms with E-state index in [0.717, 1.165) is 24.6 Å². The van der Waals surface area contributed by atoms with Crippen molar-refractivity contribution in [3.63, 3.8) is 0 Å². The van der Waals surface area contributed by atoms with E-state index in [-0.39, 0.29) is 0 Å². The largest absolute Gasteiger partial charge is 0.388 e. The average Bonchev–Trinajstić information content (AvgIpc) is 2.61. The Labute approximate surface area is 146 Å². The summed E-state index contributed by atoms with van der Waals surface area (Å²) in [5, 5.41) is 16.8. The first-order chi connectivity index (χ1) is 11.7. The molecular formula is C19H32N4O. The minimum absolute atomic E-state index is 0.435. The Morgan fingerprint density at radius 2 is 1.96 bits per heavy atom. The van der Waals surface area contributed by atoms with Crippen LogP contribution in [0.25, 0.3) is 0 Å². The van der Waals surface area contributed by atoms with E-state index in [1.54, 1.807) is 0 Å². The van der Waals surface area contributed by atoms with Gasteiger partial charge in [0, 0.05) is 19.6 Å². The molecule has 1 saturated heterocycles. The minimum Gasteiger partial charge on any atom is -0.388 e. The van der Waals surface area contributed by atoms with Crippen LogP contribution in [-0.4, -0.2) is 55.7 Å². The summed E-state index contributed by atoms with van der Waals surface area (Å²) in [6.07, 6.45) is 2.69. The fourth-order valence-corrected chi connectivity index (χ4v) is 2.98. The molecule has 0 radical (unpaired) electrons. The molecule has 1 aliphatic heterocycles. The van der Waals surface area contributed by atoms with Gasteiger partial charge in [0.25, 0.3) is 0 Å². The molecule has 134 valence electrons. The molecule has 1 aromatic carbocycles. The molecule has 24 heavy (non-hydrogen) atoms. The first-order valence-electron chi connectivity index (χ1n) is 9.12. The lowest BCUT2D eigenvalue weighted by molar-refractivity contribution is 0.168. The summed E-state index contributed by atoms with van der Waals surface area (Å²) in [4.78, 5) is 7.11. The number of hydrogen-bond acceptors (Lipinski definition) is 3. The zero-order valence-corrected chi connectivity index (χ0v) is 15.0. The quantitative estimate of drug-likeness (QED) is 0.528. The predicted molar refractivity (Wildman–Crippen MR) is 100 cm³/mol. The third-order valence-electron chi connectivity index (χ3n) is 4.58. The van der Waals surface area contributed by atoms with Gasteiger partial charge in [0.15, 0.2) is 5.96 Å². The third-order valence-corrected chi connectivity index (χ3v) is 4.58. The maximum absolute atomic E-state index is 10.2. The van der Waals surface area contributed by atoms with E-state index in [2.05, 4.69) is 29.5 Å². The number of aliphatic imine (C=N–C) groups is 1. The molecule has 0 aromatic heterocycles. The second-order valence-electron chi connectivity index (χ2n) is 6.61. The zero-order valence-electron chi connectivity index (χ0n) is 15.0. The summed E-state index contributed by atoms with van der Waals surface area (Å²) in [5.74, 6) is 1.54. The summed E-state index contributed by atoms with van der Waals surface area (Å²) < 4.78 is 0. The summed E-state index contributed by atoms with van der Waals surface area (Å²) in [5.41, 5.74) is 0.965. The van der Waals surface area contributed by atoms with E-state index < -0.39 is 6.10 Å². The maximum Gasteiger partial charge on any atom is 0.191 e. The van der Waals surface area contributed by atoms with Gasteiger partial charge in [-0.05, 0) is 57.8 Å². The Morgan fingerprint density at radius 1 is 1.25 bits per heavy atom. The van der Waals surface area contributed by atoms with E-state index in [4.69, 9.17) is 4.99 Å². The van der Waals surface area contributed by atoms with Crippen LogP contribution in [0.15, 0.2) is 35.3 Å². The third kappa shape index (κ3) is 6.49. The number of aliphatic hydroxyl groups excluding tert-OH is 1. The second kappa shape index (κ2) is 10.3. The summed E-state index contributed by atoms with van der Waals surface area (Å²) in [6.45, 7) is 6.85. The van der Waals surface area contributed by atoms with Crippen molar-refractivity contribution in [3.05, 3.63) is 35.9 Å². The van der Waals surface area contributed by atoms with Gasteiger partial charge in [0.1, 0.15) is 0 Å². The van der Waals surface area contributed by atoms with Crippen LogP contribution >= 0.6 is 0 Å². The number of nitrogens with zero attached hydrogens (tertiary/aromatic N) is 2. The first kappa shape index (κ1) is 18.7. The van der Waals surface area contributed by atoms with E-state index in [9.17, 15) is 5.11 Å². The van der Waals surface area contributed by atoms with E-state index in [1.165, 1.54) is 25.9 Å².